The lowest BCUT2D eigenvalue weighted by molar-refractivity contribution is -0.114. The molecule has 1 N–H and O–H groups in total. The van der Waals surface area contributed by atoms with Crippen molar-refractivity contribution in [3.63, 3.8) is 0 Å². The van der Waals surface area contributed by atoms with Crippen LogP contribution in [0.4, 0.5) is 11.4 Å². The molecule has 0 radical (unpaired) electrons. The number of halogens is 1. The average Bonchev–Trinajstić information content (AvgIpc) is 2.55. The number of hydrogen-bond donors (Lipinski definition) is 1. The highest BCUT2D eigenvalue weighted by Gasteiger charge is 2.21. The predicted molar refractivity (Wildman–Crippen MR) is 108 cm³/mol. The minimum atomic E-state index is -3.60. The molecule has 0 heterocycles. The van der Waals surface area contributed by atoms with Crippen LogP contribution in [0.15, 0.2) is 48.5 Å². The molecule has 1 amide bonds. The van der Waals surface area contributed by atoms with Crippen LogP contribution in [0.1, 0.15) is 6.92 Å². The topological polar surface area (TPSA) is 75.7 Å². The third-order valence-electron chi connectivity index (χ3n) is 3.26. The number of nitrogens with one attached hydrogen (secondary N) is 1. The summed E-state index contributed by atoms with van der Waals surface area (Å²) in [6.45, 7) is 1.99. The quantitative estimate of drug-likeness (QED) is 0.626. The van der Waals surface area contributed by atoms with Gasteiger partial charge in [0, 0.05) is 3.57 Å². The molecule has 8 heteroatoms. The second-order valence-electron chi connectivity index (χ2n) is 5.22. The van der Waals surface area contributed by atoms with Crippen LogP contribution in [0, 0.1) is 3.57 Å². The van der Waals surface area contributed by atoms with Gasteiger partial charge in [0.2, 0.25) is 15.9 Å². The van der Waals surface area contributed by atoms with Crippen molar-refractivity contribution >= 4 is 49.9 Å². The zero-order valence-electron chi connectivity index (χ0n) is 13.9. The second-order valence-corrected chi connectivity index (χ2v) is 8.38. The Balaban J connectivity index is 2.19. The highest BCUT2D eigenvalue weighted by atomic mass is 127. The standard InChI is InChI=1S/C17H19IN2O4S/c1-3-24-16-7-5-4-6-15(16)19-17(21)12-20(25(2,22)23)14-10-8-13(18)9-11-14/h4-11H,3,12H2,1-2H3,(H,19,21). The van der Waals surface area contributed by atoms with Gasteiger partial charge < -0.3 is 10.1 Å². The van der Waals surface area contributed by atoms with Crippen LogP contribution in [-0.4, -0.2) is 33.7 Å². The molecule has 0 fully saturated rings. The summed E-state index contributed by atoms with van der Waals surface area (Å²) in [5.41, 5.74) is 0.946. The van der Waals surface area contributed by atoms with Crippen molar-refractivity contribution in [3.05, 3.63) is 52.1 Å². The fraction of sp³-hybridized carbons (Fsp3) is 0.235. The molecular weight excluding hydrogens is 455 g/mol. The Kier molecular flexibility index (Phi) is 6.65. The number of nitrogens with zero attached hydrogens (tertiary/aromatic N) is 1. The van der Waals surface area contributed by atoms with Gasteiger partial charge in [-0.15, -0.1) is 0 Å². The summed E-state index contributed by atoms with van der Waals surface area (Å²) in [5, 5.41) is 2.71. The summed E-state index contributed by atoms with van der Waals surface area (Å²) in [6, 6.07) is 13.9. The third-order valence-corrected chi connectivity index (χ3v) is 5.12. The van der Waals surface area contributed by atoms with Gasteiger partial charge in [-0.25, -0.2) is 8.42 Å². The largest absolute Gasteiger partial charge is 0.492 e. The van der Waals surface area contributed by atoms with Gasteiger partial charge in [0.25, 0.3) is 0 Å². The Morgan fingerprint density at radius 3 is 2.40 bits per heavy atom. The number of carbonyl (C=O) groups is 1. The van der Waals surface area contributed by atoms with E-state index in [0.29, 0.717) is 23.7 Å². The molecule has 0 unspecified atom stereocenters. The lowest BCUT2D eigenvalue weighted by Crippen LogP contribution is -2.37. The van der Waals surface area contributed by atoms with Crippen LogP contribution < -0.4 is 14.4 Å². The molecule has 6 nitrogen and oxygen atoms in total. The van der Waals surface area contributed by atoms with E-state index in [1.807, 2.05) is 6.92 Å². The number of sulfonamides is 1. The van der Waals surface area contributed by atoms with Crippen LogP contribution in [-0.2, 0) is 14.8 Å². The van der Waals surface area contributed by atoms with Gasteiger partial charge in [-0.1, -0.05) is 12.1 Å². The maximum absolute atomic E-state index is 12.4. The third kappa shape index (κ3) is 5.60. The molecule has 0 spiro atoms. The lowest BCUT2D eigenvalue weighted by atomic mass is 10.3. The first-order valence-electron chi connectivity index (χ1n) is 7.56. The zero-order chi connectivity index (χ0) is 18.4. The molecular formula is C17H19IN2O4S. The first-order valence-corrected chi connectivity index (χ1v) is 10.5. The van der Waals surface area contributed by atoms with Crippen LogP contribution in [0.25, 0.3) is 0 Å². The molecule has 0 aromatic heterocycles. The second kappa shape index (κ2) is 8.52. The minimum Gasteiger partial charge on any atom is -0.492 e. The van der Waals surface area contributed by atoms with Crippen molar-refractivity contribution in [1.29, 1.82) is 0 Å². The van der Waals surface area contributed by atoms with Crippen LogP contribution in [0.3, 0.4) is 0 Å². The molecule has 2 rings (SSSR count). The summed E-state index contributed by atoms with van der Waals surface area (Å²) in [7, 11) is -3.60. The van der Waals surface area contributed by atoms with Crippen LogP contribution in [0.2, 0.25) is 0 Å². The molecule has 0 aliphatic rings. The summed E-state index contributed by atoms with van der Waals surface area (Å²) in [4.78, 5) is 12.4. The number of benzene rings is 2. The van der Waals surface area contributed by atoms with E-state index in [2.05, 4.69) is 27.9 Å². The van der Waals surface area contributed by atoms with E-state index >= 15 is 0 Å². The normalized spacial score (nSPS) is 11.0. The average molecular weight is 474 g/mol. The van der Waals surface area contributed by atoms with E-state index in [4.69, 9.17) is 4.74 Å². The maximum Gasteiger partial charge on any atom is 0.245 e. The molecule has 0 saturated heterocycles. The van der Waals surface area contributed by atoms with Gasteiger partial charge in [-0.2, -0.15) is 0 Å². The van der Waals surface area contributed by atoms with Crippen LogP contribution >= 0.6 is 22.6 Å². The molecule has 2 aromatic carbocycles. The monoisotopic (exact) mass is 474 g/mol. The number of hydrogen-bond acceptors (Lipinski definition) is 4. The van der Waals surface area contributed by atoms with E-state index in [1.54, 1.807) is 48.5 Å². The Morgan fingerprint density at radius 2 is 1.80 bits per heavy atom. The first-order chi connectivity index (χ1) is 11.8. The number of carbonyl (C=O) groups excluding carboxylic acids is 1. The summed E-state index contributed by atoms with van der Waals surface area (Å²) >= 11 is 2.13. The molecule has 0 bridgehead atoms. The Bertz CT molecular complexity index is 838. The van der Waals surface area contributed by atoms with Crippen molar-refractivity contribution in [1.82, 2.24) is 0 Å². The summed E-state index contributed by atoms with van der Waals surface area (Å²) in [6.07, 6.45) is 1.08. The highest BCUT2D eigenvalue weighted by Crippen LogP contribution is 2.24. The highest BCUT2D eigenvalue weighted by molar-refractivity contribution is 14.1. The summed E-state index contributed by atoms with van der Waals surface area (Å²) in [5.74, 6) is 0.0923. The first kappa shape index (κ1) is 19.5. The van der Waals surface area contributed by atoms with E-state index in [0.717, 1.165) is 14.1 Å². The van der Waals surface area contributed by atoms with Gasteiger partial charge in [0.1, 0.15) is 12.3 Å². The number of anilines is 2. The van der Waals surface area contributed by atoms with Crippen LogP contribution in [0.5, 0.6) is 5.75 Å². The minimum absolute atomic E-state index is 0.320. The van der Waals surface area contributed by atoms with Gasteiger partial charge in [0.15, 0.2) is 0 Å². The van der Waals surface area contributed by atoms with Gasteiger partial charge in [0.05, 0.1) is 24.2 Å². The Hall–Kier alpha value is -1.81. The lowest BCUT2D eigenvalue weighted by Gasteiger charge is -2.22. The van der Waals surface area contributed by atoms with Crippen molar-refractivity contribution in [3.8, 4) is 5.75 Å². The smallest absolute Gasteiger partial charge is 0.245 e. The number of amides is 1. The Labute approximate surface area is 161 Å². The fourth-order valence-electron chi connectivity index (χ4n) is 2.18. The van der Waals surface area contributed by atoms with E-state index in [1.165, 1.54) is 0 Å². The zero-order valence-corrected chi connectivity index (χ0v) is 16.9. The van der Waals surface area contributed by atoms with Gasteiger partial charge in [-0.3, -0.25) is 9.10 Å². The van der Waals surface area contributed by atoms with E-state index in [-0.39, 0.29) is 6.54 Å². The molecule has 25 heavy (non-hydrogen) atoms. The van der Waals surface area contributed by atoms with Crippen molar-refractivity contribution in [2.75, 3.05) is 29.0 Å². The van der Waals surface area contributed by atoms with E-state index in [9.17, 15) is 13.2 Å². The molecule has 0 aliphatic heterocycles. The molecule has 0 atom stereocenters. The molecule has 134 valence electrons. The van der Waals surface area contributed by atoms with Crippen molar-refractivity contribution in [2.24, 2.45) is 0 Å². The molecule has 0 aliphatic carbocycles. The fourth-order valence-corrected chi connectivity index (χ4v) is 3.39. The summed E-state index contributed by atoms with van der Waals surface area (Å²) < 4.78 is 31.7. The van der Waals surface area contributed by atoms with Gasteiger partial charge >= 0.3 is 0 Å². The van der Waals surface area contributed by atoms with Crippen molar-refractivity contribution < 1.29 is 17.9 Å². The van der Waals surface area contributed by atoms with Crippen molar-refractivity contribution in [2.45, 2.75) is 6.92 Å². The SMILES string of the molecule is CCOc1ccccc1NC(=O)CN(c1ccc(I)cc1)S(C)(=O)=O. The predicted octanol–water partition coefficient (Wildman–Crippen LogP) is 3.09. The maximum atomic E-state index is 12.4. The number of para-hydroxylation sites is 2. The Morgan fingerprint density at radius 1 is 1.16 bits per heavy atom. The van der Waals surface area contributed by atoms with E-state index < -0.39 is 15.9 Å². The molecule has 2 aromatic rings. The number of ether oxygens (including phenoxy) is 1. The molecule has 0 saturated carbocycles. The number of rotatable bonds is 7. The van der Waals surface area contributed by atoms with Gasteiger partial charge in [-0.05, 0) is 65.9 Å².